The average Bonchev–Trinajstić information content (AvgIpc) is 3.00. The van der Waals surface area contributed by atoms with Gasteiger partial charge in [-0.1, -0.05) is 13.0 Å². The van der Waals surface area contributed by atoms with E-state index in [9.17, 15) is 14.4 Å². The summed E-state index contributed by atoms with van der Waals surface area (Å²) in [7, 11) is 1.29. The molecule has 0 radical (unpaired) electrons. The van der Waals surface area contributed by atoms with Gasteiger partial charge in [0.05, 0.1) is 18.6 Å². The van der Waals surface area contributed by atoms with Crippen LogP contribution in [0.2, 0.25) is 0 Å². The second kappa shape index (κ2) is 10.9. The number of hydrogen-bond donors (Lipinski definition) is 0. The number of hydrogen-bond acceptors (Lipinski definition) is 7. The highest BCUT2D eigenvalue weighted by Crippen LogP contribution is 2.38. The zero-order valence-electron chi connectivity index (χ0n) is 17.7. The minimum atomic E-state index is -0.509. The molecular weight excluding hydrogens is 406 g/mol. The smallest absolute Gasteiger partial charge is 0.343 e. The molecule has 0 aliphatic carbocycles. The highest BCUT2D eigenvalue weighted by Gasteiger charge is 2.37. The molecule has 0 N–H and O–H groups in total. The number of imide groups is 1. The van der Waals surface area contributed by atoms with Crippen molar-refractivity contribution in [1.82, 2.24) is 4.90 Å². The largest absolute Gasteiger partial charge is 0.490 e. The molecule has 1 aromatic carbocycles. The summed E-state index contributed by atoms with van der Waals surface area (Å²) in [6, 6.07) is 3.39. The molecule has 0 unspecified atom stereocenters. The molecule has 1 atom stereocenters. The molecule has 1 fully saturated rings. The molecule has 2 rings (SSSR count). The topological polar surface area (TPSA) is 82.1 Å². The van der Waals surface area contributed by atoms with E-state index >= 15 is 0 Å². The third-order valence-electron chi connectivity index (χ3n) is 4.53. The van der Waals surface area contributed by atoms with Crippen LogP contribution in [0.5, 0.6) is 11.5 Å². The fraction of sp³-hybridized carbons (Fsp3) is 0.409. The second-order valence-corrected chi connectivity index (χ2v) is 7.60. The molecule has 7 nitrogen and oxygen atoms in total. The Balaban J connectivity index is 2.44. The van der Waals surface area contributed by atoms with E-state index in [0.717, 1.165) is 17.3 Å². The monoisotopic (exact) mass is 433 g/mol. The van der Waals surface area contributed by atoms with Gasteiger partial charge in [0, 0.05) is 11.6 Å². The fourth-order valence-corrected chi connectivity index (χ4v) is 3.81. The summed E-state index contributed by atoms with van der Waals surface area (Å²) in [6.45, 7) is 9.51. The van der Waals surface area contributed by atoms with Gasteiger partial charge in [-0.25, -0.2) is 4.79 Å². The van der Waals surface area contributed by atoms with Crippen molar-refractivity contribution < 1.29 is 28.6 Å². The van der Waals surface area contributed by atoms with Crippen LogP contribution in [0.3, 0.4) is 0 Å². The fourth-order valence-electron chi connectivity index (χ4n) is 2.88. The van der Waals surface area contributed by atoms with E-state index in [1.54, 1.807) is 18.2 Å². The summed E-state index contributed by atoms with van der Waals surface area (Å²) < 4.78 is 16.0. The molecule has 1 aromatic rings. The molecule has 2 amide bonds. The number of thioether (sulfide) groups is 1. The summed E-state index contributed by atoms with van der Waals surface area (Å²) in [6.07, 6.45) is 4.53. The SMILES string of the molecule is C=CCc1cc(/C=C2/SC(=O)N([C@@H](C)CC)C2=O)cc(OCC)c1OCC(=O)OC. The summed E-state index contributed by atoms with van der Waals surface area (Å²) >= 11 is 0.925. The van der Waals surface area contributed by atoms with E-state index in [-0.39, 0.29) is 23.8 Å². The maximum atomic E-state index is 12.7. The summed E-state index contributed by atoms with van der Waals surface area (Å²) in [5, 5.41) is -0.269. The van der Waals surface area contributed by atoms with Crippen molar-refractivity contribution in [3.63, 3.8) is 0 Å². The number of methoxy groups -OCH3 is 1. The van der Waals surface area contributed by atoms with Crippen LogP contribution in [0.4, 0.5) is 4.79 Å². The standard InChI is InChI=1S/C22H27NO6S/c1-6-9-16-10-15(11-17(28-8-3)20(16)29-13-19(24)27-5)12-18-21(25)23(14(4)7-2)22(26)30-18/h6,10-12,14H,1,7-9,13H2,2-5H3/b18-12+/t14-/m0/s1. The maximum Gasteiger partial charge on any atom is 0.343 e. The van der Waals surface area contributed by atoms with Gasteiger partial charge in [0.2, 0.25) is 0 Å². The van der Waals surface area contributed by atoms with Crippen LogP contribution in [0.25, 0.3) is 6.08 Å². The first-order valence-corrected chi connectivity index (χ1v) is 10.5. The molecule has 30 heavy (non-hydrogen) atoms. The maximum absolute atomic E-state index is 12.7. The summed E-state index contributed by atoms with van der Waals surface area (Å²) in [5.74, 6) is 0.0542. The first-order valence-electron chi connectivity index (χ1n) is 9.73. The van der Waals surface area contributed by atoms with Gasteiger partial charge >= 0.3 is 5.97 Å². The molecule has 0 aromatic heterocycles. The molecule has 0 saturated carbocycles. The van der Waals surface area contributed by atoms with Crippen molar-refractivity contribution in [3.05, 3.63) is 40.8 Å². The van der Waals surface area contributed by atoms with E-state index in [1.165, 1.54) is 12.0 Å². The van der Waals surface area contributed by atoms with Crippen LogP contribution in [-0.2, 0) is 20.7 Å². The number of ether oxygens (including phenoxy) is 3. The van der Waals surface area contributed by atoms with Crippen LogP contribution in [0.1, 0.15) is 38.3 Å². The van der Waals surface area contributed by atoms with Crippen LogP contribution in [-0.4, -0.2) is 48.4 Å². The lowest BCUT2D eigenvalue weighted by Gasteiger charge is -2.19. The molecule has 8 heteroatoms. The highest BCUT2D eigenvalue weighted by molar-refractivity contribution is 8.18. The Morgan fingerprint density at radius 3 is 2.60 bits per heavy atom. The van der Waals surface area contributed by atoms with E-state index in [4.69, 9.17) is 9.47 Å². The number of esters is 1. The van der Waals surface area contributed by atoms with Crippen LogP contribution in [0.15, 0.2) is 29.7 Å². The number of allylic oxidation sites excluding steroid dienone is 1. The van der Waals surface area contributed by atoms with E-state index in [0.29, 0.717) is 41.4 Å². The van der Waals surface area contributed by atoms with Crippen LogP contribution in [0, 0.1) is 0 Å². The van der Waals surface area contributed by atoms with Crippen molar-refractivity contribution in [3.8, 4) is 11.5 Å². The Labute approximate surface area is 181 Å². The van der Waals surface area contributed by atoms with Gasteiger partial charge in [-0.2, -0.15) is 0 Å². The number of rotatable bonds is 10. The van der Waals surface area contributed by atoms with E-state index < -0.39 is 5.97 Å². The number of carbonyl (C=O) groups excluding carboxylic acids is 3. The first-order chi connectivity index (χ1) is 14.4. The average molecular weight is 434 g/mol. The highest BCUT2D eigenvalue weighted by atomic mass is 32.2. The Bertz CT molecular complexity index is 863. The zero-order valence-corrected chi connectivity index (χ0v) is 18.5. The van der Waals surface area contributed by atoms with Crippen molar-refractivity contribution in [2.75, 3.05) is 20.3 Å². The molecule has 0 spiro atoms. The molecular formula is C22H27NO6S. The molecule has 162 valence electrons. The van der Waals surface area contributed by atoms with Crippen molar-refractivity contribution in [1.29, 1.82) is 0 Å². The molecule has 0 bridgehead atoms. The Hall–Kier alpha value is -2.74. The Morgan fingerprint density at radius 2 is 2.00 bits per heavy atom. The Morgan fingerprint density at radius 1 is 1.27 bits per heavy atom. The first kappa shape index (κ1) is 23.5. The normalized spacial score (nSPS) is 16.0. The third kappa shape index (κ3) is 5.44. The second-order valence-electron chi connectivity index (χ2n) is 6.61. The van der Waals surface area contributed by atoms with Crippen LogP contribution >= 0.6 is 11.8 Å². The lowest BCUT2D eigenvalue weighted by Crippen LogP contribution is -2.36. The predicted molar refractivity (Wildman–Crippen MR) is 117 cm³/mol. The van der Waals surface area contributed by atoms with E-state index in [2.05, 4.69) is 11.3 Å². The molecule has 1 aliphatic heterocycles. The molecule has 1 saturated heterocycles. The van der Waals surface area contributed by atoms with Crippen LogP contribution < -0.4 is 9.47 Å². The number of carbonyl (C=O) groups is 3. The van der Waals surface area contributed by atoms with E-state index in [1.807, 2.05) is 26.8 Å². The number of amides is 2. The lowest BCUT2D eigenvalue weighted by atomic mass is 10.0. The lowest BCUT2D eigenvalue weighted by molar-refractivity contribution is -0.143. The van der Waals surface area contributed by atoms with Gasteiger partial charge in [-0.05, 0) is 62.2 Å². The Kier molecular flexibility index (Phi) is 8.53. The van der Waals surface area contributed by atoms with Crippen molar-refractivity contribution in [2.24, 2.45) is 0 Å². The quantitative estimate of drug-likeness (QED) is 0.311. The summed E-state index contributed by atoms with van der Waals surface area (Å²) in [4.78, 5) is 38.1. The van der Waals surface area contributed by atoms with Gasteiger partial charge in [0.1, 0.15) is 0 Å². The molecule has 1 heterocycles. The van der Waals surface area contributed by atoms with Gasteiger partial charge in [-0.15, -0.1) is 6.58 Å². The van der Waals surface area contributed by atoms with Crippen molar-refractivity contribution in [2.45, 2.75) is 39.7 Å². The third-order valence-corrected chi connectivity index (χ3v) is 5.42. The van der Waals surface area contributed by atoms with Gasteiger partial charge in [0.25, 0.3) is 11.1 Å². The van der Waals surface area contributed by atoms with Crippen molar-refractivity contribution >= 4 is 35.0 Å². The minimum absolute atomic E-state index is 0.159. The number of benzene rings is 1. The zero-order chi connectivity index (χ0) is 22.3. The summed E-state index contributed by atoms with van der Waals surface area (Å²) in [5.41, 5.74) is 1.43. The number of nitrogens with zero attached hydrogens (tertiary/aromatic N) is 1. The van der Waals surface area contributed by atoms with Gasteiger partial charge in [0.15, 0.2) is 18.1 Å². The van der Waals surface area contributed by atoms with Gasteiger partial charge < -0.3 is 14.2 Å². The molecule has 1 aliphatic rings. The van der Waals surface area contributed by atoms with Gasteiger partial charge in [-0.3, -0.25) is 14.5 Å². The predicted octanol–water partition coefficient (Wildman–Crippen LogP) is 4.20. The minimum Gasteiger partial charge on any atom is -0.490 e.